The summed E-state index contributed by atoms with van der Waals surface area (Å²) in [6.07, 6.45) is 0.454. The maximum absolute atomic E-state index is 13.9. The van der Waals surface area contributed by atoms with Crippen molar-refractivity contribution >= 4 is 34.3 Å². The van der Waals surface area contributed by atoms with Crippen molar-refractivity contribution in [2.45, 2.75) is 45.9 Å². The van der Waals surface area contributed by atoms with Crippen LogP contribution in [0.1, 0.15) is 43.7 Å². The number of anilines is 1. The van der Waals surface area contributed by atoms with E-state index in [4.69, 9.17) is 26.1 Å². The molecule has 0 aliphatic carbocycles. The van der Waals surface area contributed by atoms with Gasteiger partial charge in [-0.05, 0) is 63.6 Å². The molecule has 0 saturated heterocycles. The number of halogens is 3. The molecule has 7 nitrogen and oxygen atoms in total. The number of carboxylic acids is 1. The Morgan fingerprint density at radius 2 is 1.95 bits per heavy atom. The van der Waals surface area contributed by atoms with Crippen molar-refractivity contribution in [1.82, 2.24) is 9.55 Å². The van der Waals surface area contributed by atoms with Crippen LogP contribution in [0.5, 0.6) is 5.75 Å². The smallest absolute Gasteiger partial charge is 0.337 e. The number of aryl methyl sites for hydroxylation is 1. The summed E-state index contributed by atoms with van der Waals surface area (Å²) in [6, 6.07) is 9.23. The number of nitrogens with zero attached hydrogens (tertiary/aromatic N) is 3. The van der Waals surface area contributed by atoms with Crippen molar-refractivity contribution in [2.75, 3.05) is 25.1 Å². The van der Waals surface area contributed by atoms with E-state index >= 15 is 0 Å². The largest absolute Gasteiger partial charge is 0.490 e. The Bertz CT molecular complexity index is 1630. The van der Waals surface area contributed by atoms with E-state index in [0.29, 0.717) is 68.6 Å². The highest BCUT2D eigenvalue weighted by Crippen LogP contribution is 2.48. The Morgan fingerprint density at radius 1 is 1.20 bits per heavy atom. The number of rotatable bonds is 6. The third kappa shape index (κ3) is 5.11. The number of hydrogen-bond acceptors (Lipinski definition) is 5. The molecular weight excluding hydrogens is 540 g/mol. The predicted octanol–water partition coefficient (Wildman–Crippen LogP) is 6.76. The number of benzene rings is 2. The van der Waals surface area contributed by atoms with E-state index in [1.54, 1.807) is 33.9 Å². The van der Waals surface area contributed by atoms with Crippen molar-refractivity contribution in [3.8, 4) is 16.9 Å². The minimum Gasteiger partial charge on any atom is -0.490 e. The first-order valence-corrected chi connectivity index (χ1v) is 13.2. The lowest BCUT2D eigenvalue weighted by Crippen LogP contribution is -2.29. The van der Waals surface area contributed by atoms with E-state index in [1.165, 1.54) is 6.07 Å². The number of pyridine rings is 1. The Balaban J connectivity index is 1.78. The molecule has 40 heavy (non-hydrogen) atoms. The first kappa shape index (κ1) is 27.9. The number of ether oxygens (including phenoxy) is 2. The van der Waals surface area contributed by atoms with Crippen molar-refractivity contribution in [1.29, 1.82) is 0 Å². The monoisotopic (exact) mass is 569 g/mol. The van der Waals surface area contributed by atoms with Crippen LogP contribution in [0.2, 0.25) is 5.02 Å². The van der Waals surface area contributed by atoms with E-state index in [2.05, 4.69) is 0 Å². The molecule has 1 atom stereocenters. The molecule has 10 heteroatoms. The summed E-state index contributed by atoms with van der Waals surface area (Å²) in [4.78, 5) is 19.4. The number of aliphatic carboxylic acids is 1. The summed E-state index contributed by atoms with van der Waals surface area (Å²) in [6.45, 7) is 8.50. The molecule has 210 valence electrons. The van der Waals surface area contributed by atoms with Gasteiger partial charge in [0.2, 0.25) is 0 Å². The van der Waals surface area contributed by atoms with Gasteiger partial charge >= 0.3 is 5.97 Å². The molecule has 0 radical (unpaired) electrons. The van der Waals surface area contributed by atoms with Crippen LogP contribution >= 0.6 is 11.6 Å². The van der Waals surface area contributed by atoms with E-state index in [9.17, 15) is 18.7 Å². The second-order valence-corrected chi connectivity index (χ2v) is 11.3. The molecule has 5 rings (SSSR count). The lowest BCUT2D eigenvalue weighted by molar-refractivity contribution is -0.160. The van der Waals surface area contributed by atoms with Gasteiger partial charge in [0.15, 0.2) is 17.7 Å². The molecule has 1 aliphatic rings. The number of carbonyl (C=O) groups is 1. The van der Waals surface area contributed by atoms with Gasteiger partial charge in [-0.3, -0.25) is 0 Å². The Morgan fingerprint density at radius 3 is 2.62 bits per heavy atom. The molecule has 2 aromatic heterocycles. The standard InChI is InChI=1S/C30H30ClF2N3O4/c1-16-23(27(29(37)38)40-30(2,3)4)24(18-7-9-22-26(25(18)31)35(5)12-13-39-22)19-10-11-36(28(19)34-16)15-17-6-8-20(32)21(33)14-17/h6-11,14,27H,12-13,15H2,1-5H3,(H,37,38)/t27-/m0/s1. The van der Waals surface area contributed by atoms with Gasteiger partial charge in [-0.15, -0.1) is 0 Å². The van der Waals surface area contributed by atoms with Crippen LogP contribution in [0.25, 0.3) is 22.2 Å². The lowest BCUT2D eigenvalue weighted by Gasteiger charge is -2.31. The van der Waals surface area contributed by atoms with E-state index in [-0.39, 0.29) is 6.54 Å². The fraction of sp³-hybridized carbons (Fsp3) is 0.333. The Labute approximate surface area is 235 Å². The molecule has 2 aromatic carbocycles. The summed E-state index contributed by atoms with van der Waals surface area (Å²) in [5.74, 6) is -2.37. The van der Waals surface area contributed by atoms with Crippen molar-refractivity contribution in [3.63, 3.8) is 0 Å². The van der Waals surface area contributed by atoms with Gasteiger partial charge in [0.25, 0.3) is 0 Å². The van der Waals surface area contributed by atoms with Crippen LogP contribution in [0.15, 0.2) is 42.6 Å². The number of fused-ring (bicyclic) bond motifs is 2. The second-order valence-electron chi connectivity index (χ2n) is 10.9. The molecule has 0 unspecified atom stereocenters. The highest BCUT2D eigenvalue weighted by atomic mass is 35.5. The maximum Gasteiger partial charge on any atom is 0.337 e. The van der Waals surface area contributed by atoms with Gasteiger partial charge in [0.1, 0.15) is 18.0 Å². The minimum atomic E-state index is -1.33. The minimum absolute atomic E-state index is 0.223. The molecule has 1 N–H and O–H groups in total. The summed E-state index contributed by atoms with van der Waals surface area (Å²) in [7, 11) is 1.92. The van der Waals surface area contributed by atoms with Gasteiger partial charge < -0.3 is 24.0 Å². The molecule has 1 aliphatic heterocycles. The first-order valence-electron chi connectivity index (χ1n) is 12.9. The maximum atomic E-state index is 13.9. The normalized spacial score (nSPS) is 14.2. The molecule has 0 fully saturated rings. The third-order valence-corrected chi connectivity index (χ3v) is 7.23. The number of carboxylic acid groups (broad SMARTS) is 1. The second kappa shape index (κ2) is 10.4. The predicted molar refractivity (Wildman–Crippen MR) is 150 cm³/mol. The molecule has 4 aromatic rings. The quantitative estimate of drug-likeness (QED) is 0.276. The fourth-order valence-electron chi connectivity index (χ4n) is 5.11. The zero-order valence-corrected chi connectivity index (χ0v) is 23.6. The number of hydrogen-bond donors (Lipinski definition) is 1. The van der Waals surface area contributed by atoms with E-state index in [1.807, 2.05) is 34.7 Å². The number of aromatic nitrogens is 2. The topological polar surface area (TPSA) is 76.8 Å². The van der Waals surface area contributed by atoms with E-state index in [0.717, 1.165) is 12.1 Å². The molecule has 0 spiro atoms. The van der Waals surface area contributed by atoms with Crippen molar-refractivity contribution in [2.24, 2.45) is 0 Å². The molecular formula is C30H30ClF2N3O4. The zero-order chi connectivity index (χ0) is 28.9. The highest BCUT2D eigenvalue weighted by molar-refractivity contribution is 6.37. The lowest BCUT2D eigenvalue weighted by atomic mass is 9.91. The van der Waals surface area contributed by atoms with Gasteiger partial charge in [0, 0.05) is 47.6 Å². The van der Waals surface area contributed by atoms with Gasteiger partial charge in [0.05, 0.1) is 22.9 Å². The van der Waals surface area contributed by atoms with Gasteiger partial charge in [-0.1, -0.05) is 17.7 Å². The first-order chi connectivity index (χ1) is 18.9. The average Bonchev–Trinajstić information content (AvgIpc) is 3.26. The SMILES string of the molecule is Cc1nc2c(ccn2Cc2ccc(F)c(F)c2)c(-c2ccc3c(c2Cl)N(C)CCO3)c1[C@H](OC(C)(C)C)C(=O)O. The van der Waals surface area contributed by atoms with Crippen LogP contribution in [0.4, 0.5) is 14.5 Å². The van der Waals surface area contributed by atoms with Crippen LogP contribution in [-0.2, 0) is 16.1 Å². The molecule has 3 heterocycles. The molecule has 0 bridgehead atoms. The van der Waals surface area contributed by atoms with Gasteiger partial charge in [-0.25, -0.2) is 18.6 Å². The highest BCUT2D eigenvalue weighted by Gasteiger charge is 2.34. The van der Waals surface area contributed by atoms with Crippen LogP contribution in [-0.4, -0.2) is 46.4 Å². The molecule has 0 saturated carbocycles. The zero-order valence-electron chi connectivity index (χ0n) is 22.9. The molecule has 0 amide bonds. The third-order valence-electron chi connectivity index (χ3n) is 6.85. The Kier molecular flexibility index (Phi) is 7.22. The average molecular weight is 570 g/mol. The van der Waals surface area contributed by atoms with Crippen LogP contribution in [0.3, 0.4) is 0 Å². The van der Waals surface area contributed by atoms with Crippen LogP contribution in [0, 0.1) is 18.6 Å². The summed E-state index contributed by atoms with van der Waals surface area (Å²) >= 11 is 7.05. The summed E-state index contributed by atoms with van der Waals surface area (Å²) in [5.41, 5.74) is 3.06. The van der Waals surface area contributed by atoms with E-state index < -0.39 is 29.3 Å². The Hall–Kier alpha value is -3.69. The van der Waals surface area contributed by atoms with Crippen molar-refractivity contribution in [3.05, 3.63) is 76.1 Å². The summed E-state index contributed by atoms with van der Waals surface area (Å²) < 4.78 is 41.2. The summed E-state index contributed by atoms with van der Waals surface area (Å²) in [5, 5.41) is 11.4. The fourth-order valence-corrected chi connectivity index (χ4v) is 5.50. The number of likely N-dealkylation sites (N-methyl/N-ethyl adjacent to an activating group) is 1. The van der Waals surface area contributed by atoms with Crippen LogP contribution < -0.4 is 9.64 Å². The van der Waals surface area contributed by atoms with Crippen molar-refractivity contribution < 1.29 is 28.2 Å². The van der Waals surface area contributed by atoms with Gasteiger partial charge in [-0.2, -0.15) is 0 Å².